The Balaban J connectivity index is 2.25. The summed E-state index contributed by atoms with van der Waals surface area (Å²) in [6.07, 6.45) is 2.80. The van der Waals surface area contributed by atoms with Gasteiger partial charge in [0, 0.05) is 0 Å². The summed E-state index contributed by atoms with van der Waals surface area (Å²) in [5.41, 5.74) is 3.26. The van der Waals surface area contributed by atoms with Crippen LogP contribution in [0.4, 0.5) is 5.69 Å². The van der Waals surface area contributed by atoms with E-state index in [0.717, 1.165) is 17.7 Å². The molecule has 0 unspecified atom stereocenters. The van der Waals surface area contributed by atoms with Crippen molar-refractivity contribution in [2.24, 2.45) is 0 Å². The van der Waals surface area contributed by atoms with Crippen LogP contribution in [0.5, 0.6) is 0 Å². The zero-order valence-electron chi connectivity index (χ0n) is 8.85. The Bertz CT molecular complexity index is 498. The summed E-state index contributed by atoms with van der Waals surface area (Å²) >= 11 is 0. The zero-order chi connectivity index (χ0) is 11.2. The van der Waals surface area contributed by atoms with Gasteiger partial charge < -0.3 is 0 Å². The number of nitrogens with one attached hydrogen (secondary N) is 1. The summed E-state index contributed by atoms with van der Waals surface area (Å²) < 4.78 is 0. The van der Waals surface area contributed by atoms with Gasteiger partial charge in [0.2, 0.25) is 0 Å². The second-order valence-corrected chi connectivity index (χ2v) is 3.56. The van der Waals surface area contributed by atoms with Crippen molar-refractivity contribution in [1.82, 2.24) is 0 Å². The molecule has 2 aromatic carbocycles. The monoisotopic (exact) mass is 208 g/mol. The molecule has 0 aliphatic carbocycles. The summed E-state index contributed by atoms with van der Waals surface area (Å²) in [6, 6.07) is 18.1. The molecule has 0 spiro atoms. The average molecular weight is 208 g/mol. The molecule has 0 heterocycles. The Labute approximate surface area is 95.2 Å². The Kier molecular flexibility index (Phi) is 3.20. The molecule has 0 bridgehead atoms. The fourth-order valence-electron chi connectivity index (χ4n) is 1.67. The number of hydrogen-bond acceptors (Lipinski definition) is 2. The molecule has 16 heavy (non-hydrogen) atoms. The van der Waals surface area contributed by atoms with Crippen LogP contribution >= 0.6 is 0 Å². The van der Waals surface area contributed by atoms with Crippen molar-refractivity contribution in [3.05, 3.63) is 65.7 Å². The van der Waals surface area contributed by atoms with E-state index in [1.165, 1.54) is 5.56 Å². The van der Waals surface area contributed by atoms with Gasteiger partial charge in [-0.15, -0.1) is 0 Å². The maximum atomic E-state index is 8.65. The van der Waals surface area contributed by atoms with Crippen molar-refractivity contribution in [3.8, 4) is 6.19 Å². The maximum Gasteiger partial charge on any atom is 0.181 e. The summed E-state index contributed by atoms with van der Waals surface area (Å²) in [5.74, 6) is 0. The summed E-state index contributed by atoms with van der Waals surface area (Å²) in [4.78, 5) is 0. The lowest BCUT2D eigenvalue weighted by Gasteiger charge is -2.07. The van der Waals surface area contributed by atoms with Gasteiger partial charge in [0.05, 0.1) is 5.69 Å². The fourth-order valence-corrected chi connectivity index (χ4v) is 1.67. The topological polar surface area (TPSA) is 35.8 Å². The lowest BCUT2D eigenvalue weighted by atomic mass is 10.0. The number of para-hydroxylation sites is 1. The number of anilines is 1. The Morgan fingerprint density at radius 3 is 2.38 bits per heavy atom. The van der Waals surface area contributed by atoms with Gasteiger partial charge in [-0.2, -0.15) is 5.26 Å². The Morgan fingerprint density at radius 1 is 0.938 bits per heavy atom. The van der Waals surface area contributed by atoms with Crippen LogP contribution in [0.2, 0.25) is 0 Å². The van der Waals surface area contributed by atoms with E-state index in [9.17, 15) is 0 Å². The molecular formula is C14H12N2. The molecule has 0 aliphatic rings. The van der Waals surface area contributed by atoms with Gasteiger partial charge in [-0.05, 0) is 23.6 Å². The summed E-state index contributed by atoms with van der Waals surface area (Å²) in [5, 5.41) is 11.4. The van der Waals surface area contributed by atoms with Crippen LogP contribution in [0.1, 0.15) is 11.1 Å². The highest BCUT2D eigenvalue weighted by molar-refractivity contribution is 5.55. The molecule has 0 aromatic heterocycles. The van der Waals surface area contributed by atoms with Gasteiger partial charge in [0.1, 0.15) is 0 Å². The van der Waals surface area contributed by atoms with Crippen molar-refractivity contribution < 1.29 is 0 Å². The second kappa shape index (κ2) is 4.99. The first-order valence-corrected chi connectivity index (χ1v) is 5.17. The van der Waals surface area contributed by atoms with Gasteiger partial charge in [-0.25, -0.2) is 0 Å². The van der Waals surface area contributed by atoms with Crippen LogP contribution in [-0.2, 0) is 6.42 Å². The van der Waals surface area contributed by atoms with E-state index in [4.69, 9.17) is 5.26 Å². The number of hydrogen-bond donors (Lipinski definition) is 1. The van der Waals surface area contributed by atoms with Gasteiger partial charge in [0.25, 0.3) is 0 Å². The number of rotatable bonds is 3. The van der Waals surface area contributed by atoms with Gasteiger partial charge in [-0.3, -0.25) is 5.32 Å². The van der Waals surface area contributed by atoms with Crippen molar-refractivity contribution in [2.75, 3.05) is 5.32 Å². The van der Waals surface area contributed by atoms with Crippen LogP contribution in [0, 0.1) is 11.5 Å². The highest BCUT2D eigenvalue weighted by Gasteiger charge is 2.01. The largest absolute Gasteiger partial charge is 0.293 e. The first-order chi connectivity index (χ1) is 7.90. The van der Waals surface area contributed by atoms with Crippen LogP contribution in [0.3, 0.4) is 0 Å². The molecule has 0 fully saturated rings. The van der Waals surface area contributed by atoms with Crippen molar-refractivity contribution in [3.63, 3.8) is 0 Å². The molecular weight excluding hydrogens is 196 g/mol. The lowest BCUT2D eigenvalue weighted by Crippen LogP contribution is -1.95. The summed E-state index contributed by atoms with van der Waals surface area (Å²) in [6.45, 7) is 0. The van der Waals surface area contributed by atoms with E-state index in [2.05, 4.69) is 17.4 Å². The predicted molar refractivity (Wildman–Crippen MR) is 64.9 cm³/mol. The fraction of sp³-hybridized carbons (Fsp3) is 0.0714. The van der Waals surface area contributed by atoms with Gasteiger partial charge >= 0.3 is 0 Å². The van der Waals surface area contributed by atoms with E-state index < -0.39 is 0 Å². The van der Waals surface area contributed by atoms with Crippen molar-refractivity contribution in [1.29, 1.82) is 5.26 Å². The first kappa shape index (κ1) is 10.3. The van der Waals surface area contributed by atoms with E-state index in [-0.39, 0.29) is 0 Å². The summed E-state index contributed by atoms with van der Waals surface area (Å²) in [7, 11) is 0. The Morgan fingerprint density at radius 2 is 1.62 bits per heavy atom. The van der Waals surface area contributed by atoms with E-state index in [0.29, 0.717) is 0 Å². The molecule has 2 rings (SSSR count). The molecule has 0 saturated carbocycles. The van der Waals surface area contributed by atoms with E-state index >= 15 is 0 Å². The molecule has 0 amide bonds. The zero-order valence-corrected chi connectivity index (χ0v) is 8.85. The highest BCUT2D eigenvalue weighted by atomic mass is 14.9. The van der Waals surface area contributed by atoms with Gasteiger partial charge in [0.15, 0.2) is 6.19 Å². The third kappa shape index (κ3) is 2.40. The first-order valence-electron chi connectivity index (χ1n) is 5.17. The Hall–Kier alpha value is -2.27. The minimum atomic E-state index is 0.839. The van der Waals surface area contributed by atoms with E-state index in [1.807, 2.05) is 48.7 Å². The minimum absolute atomic E-state index is 0.839. The normalized spacial score (nSPS) is 9.44. The second-order valence-electron chi connectivity index (χ2n) is 3.56. The van der Waals surface area contributed by atoms with Crippen LogP contribution in [0.15, 0.2) is 54.6 Å². The third-order valence-electron chi connectivity index (χ3n) is 2.45. The van der Waals surface area contributed by atoms with Crippen LogP contribution < -0.4 is 5.32 Å². The average Bonchev–Trinajstić information content (AvgIpc) is 2.33. The molecule has 0 aliphatic heterocycles. The molecule has 2 nitrogen and oxygen atoms in total. The molecule has 2 aromatic rings. The van der Waals surface area contributed by atoms with Crippen molar-refractivity contribution in [2.45, 2.75) is 6.42 Å². The lowest BCUT2D eigenvalue weighted by molar-refractivity contribution is 1.19. The molecule has 2 heteroatoms. The van der Waals surface area contributed by atoms with Crippen molar-refractivity contribution >= 4 is 5.69 Å². The molecule has 1 N–H and O–H groups in total. The maximum absolute atomic E-state index is 8.65. The SMILES string of the molecule is N#CNc1ccccc1Cc1ccccc1. The number of nitrogens with zero attached hydrogens (tertiary/aromatic N) is 1. The molecule has 0 radical (unpaired) electrons. The van der Waals surface area contributed by atoms with Gasteiger partial charge in [-0.1, -0.05) is 48.5 Å². The van der Waals surface area contributed by atoms with Crippen LogP contribution in [0.25, 0.3) is 0 Å². The standard InChI is InChI=1S/C14H12N2/c15-11-16-14-9-5-4-8-13(14)10-12-6-2-1-3-7-12/h1-9,16H,10H2. The third-order valence-corrected chi connectivity index (χ3v) is 2.45. The highest BCUT2D eigenvalue weighted by Crippen LogP contribution is 2.18. The number of benzene rings is 2. The quantitative estimate of drug-likeness (QED) is 0.621. The number of nitriles is 1. The molecule has 0 atom stereocenters. The molecule has 78 valence electrons. The smallest absolute Gasteiger partial charge is 0.181 e. The molecule has 0 saturated heterocycles. The van der Waals surface area contributed by atoms with Crippen LogP contribution in [-0.4, -0.2) is 0 Å². The predicted octanol–water partition coefficient (Wildman–Crippen LogP) is 3.17. The van der Waals surface area contributed by atoms with E-state index in [1.54, 1.807) is 0 Å². The minimum Gasteiger partial charge on any atom is -0.293 e.